The van der Waals surface area contributed by atoms with Crippen LogP contribution in [0.15, 0.2) is 83.7 Å². The topological polar surface area (TPSA) is 33.5 Å². The highest BCUT2D eigenvalue weighted by atomic mass is 16.3. The molecule has 0 spiro atoms. The lowest BCUT2D eigenvalue weighted by atomic mass is 10.1. The highest BCUT2D eigenvalue weighted by Crippen LogP contribution is 2.18. The predicted octanol–water partition coefficient (Wildman–Crippen LogP) is 4.17. The van der Waals surface area contributed by atoms with Gasteiger partial charge in [0.15, 0.2) is 0 Å². The van der Waals surface area contributed by atoms with Crippen LogP contribution in [-0.4, -0.2) is 12.5 Å². The van der Waals surface area contributed by atoms with E-state index < -0.39 is 0 Å². The first-order chi connectivity index (χ1) is 10.8. The zero-order chi connectivity index (χ0) is 15.2. The summed E-state index contributed by atoms with van der Waals surface area (Å²) in [5.74, 6) is -0.0455. The zero-order valence-electron chi connectivity index (χ0n) is 12.2. The van der Waals surface area contributed by atoms with E-state index in [9.17, 15) is 4.79 Å². The van der Waals surface area contributed by atoms with Gasteiger partial charge in [0.2, 0.25) is 0 Å². The van der Waals surface area contributed by atoms with E-state index in [1.54, 1.807) is 11.0 Å². The fourth-order valence-corrected chi connectivity index (χ4v) is 2.38. The van der Waals surface area contributed by atoms with Crippen LogP contribution in [0.4, 0.5) is 5.69 Å². The molecule has 2 aromatic carbocycles. The third-order valence-corrected chi connectivity index (χ3v) is 3.55. The minimum absolute atomic E-state index is 0.0455. The molecule has 0 aliphatic rings. The van der Waals surface area contributed by atoms with Gasteiger partial charge in [-0.3, -0.25) is 4.79 Å². The molecular weight excluding hydrogens is 274 g/mol. The van der Waals surface area contributed by atoms with E-state index in [2.05, 4.69) is 12.1 Å². The SMILES string of the molecule is O=C(c1ccoc1)N(CCc1ccccc1)c1ccccc1. The van der Waals surface area contributed by atoms with Crippen LogP contribution >= 0.6 is 0 Å². The first-order valence-corrected chi connectivity index (χ1v) is 7.27. The zero-order valence-corrected chi connectivity index (χ0v) is 12.2. The van der Waals surface area contributed by atoms with Gasteiger partial charge in [-0.2, -0.15) is 0 Å². The Labute approximate surface area is 129 Å². The smallest absolute Gasteiger partial charge is 0.261 e. The molecule has 3 rings (SSSR count). The van der Waals surface area contributed by atoms with Crippen molar-refractivity contribution >= 4 is 11.6 Å². The van der Waals surface area contributed by atoms with Gasteiger partial charge in [-0.05, 0) is 30.2 Å². The van der Waals surface area contributed by atoms with Crippen LogP contribution in [0, 0.1) is 0 Å². The van der Waals surface area contributed by atoms with Crippen LogP contribution < -0.4 is 4.90 Å². The van der Waals surface area contributed by atoms with Gasteiger partial charge in [0, 0.05) is 12.2 Å². The van der Waals surface area contributed by atoms with E-state index in [1.165, 1.54) is 18.1 Å². The minimum Gasteiger partial charge on any atom is -0.472 e. The molecule has 3 nitrogen and oxygen atoms in total. The number of nitrogens with zero attached hydrogens (tertiary/aromatic N) is 1. The fourth-order valence-electron chi connectivity index (χ4n) is 2.38. The summed E-state index contributed by atoms with van der Waals surface area (Å²) in [5, 5.41) is 0. The second-order valence-electron chi connectivity index (χ2n) is 5.04. The monoisotopic (exact) mass is 291 g/mol. The van der Waals surface area contributed by atoms with E-state index in [0.29, 0.717) is 12.1 Å². The Hall–Kier alpha value is -2.81. The molecule has 0 N–H and O–H groups in total. The van der Waals surface area contributed by atoms with Gasteiger partial charge < -0.3 is 9.32 Å². The molecule has 0 aliphatic carbocycles. The van der Waals surface area contributed by atoms with Crippen molar-refractivity contribution < 1.29 is 9.21 Å². The summed E-state index contributed by atoms with van der Waals surface area (Å²) in [7, 11) is 0. The number of amides is 1. The summed E-state index contributed by atoms with van der Waals surface area (Å²) in [4.78, 5) is 14.5. The molecule has 0 bridgehead atoms. The van der Waals surface area contributed by atoms with Crippen LogP contribution in [0.5, 0.6) is 0 Å². The molecule has 1 amide bonds. The predicted molar refractivity (Wildman–Crippen MR) is 87.0 cm³/mol. The van der Waals surface area contributed by atoms with Gasteiger partial charge in [-0.1, -0.05) is 48.5 Å². The molecule has 0 saturated carbocycles. The average Bonchev–Trinajstić information content (AvgIpc) is 3.11. The molecular formula is C19H17NO2. The number of hydrogen-bond acceptors (Lipinski definition) is 2. The molecule has 0 radical (unpaired) electrons. The number of rotatable bonds is 5. The maximum Gasteiger partial charge on any atom is 0.261 e. The van der Waals surface area contributed by atoms with E-state index in [-0.39, 0.29) is 5.91 Å². The van der Waals surface area contributed by atoms with Crippen molar-refractivity contribution in [1.29, 1.82) is 0 Å². The first-order valence-electron chi connectivity index (χ1n) is 7.27. The minimum atomic E-state index is -0.0455. The summed E-state index contributed by atoms with van der Waals surface area (Å²) in [6.45, 7) is 0.623. The molecule has 3 aromatic rings. The fraction of sp³-hybridized carbons (Fsp3) is 0.105. The summed E-state index contributed by atoms with van der Waals surface area (Å²) in [6.07, 6.45) is 3.81. The van der Waals surface area contributed by atoms with Crippen molar-refractivity contribution in [3.63, 3.8) is 0 Å². The second kappa shape index (κ2) is 6.76. The van der Waals surface area contributed by atoms with Crippen molar-refractivity contribution in [2.75, 3.05) is 11.4 Å². The standard InChI is InChI=1S/C19H17NO2/c21-19(17-12-14-22-15-17)20(18-9-5-2-6-10-18)13-11-16-7-3-1-4-8-16/h1-10,12,14-15H,11,13H2. The van der Waals surface area contributed by atoms with E-state index in [1.807, 2.05) is 48.5 Å². The largest absolute Gasteiger partial charge is 0.472 e. The second-order valence-corrected chi connectivity index (χ2v) is 5.04. The number of carbonyl (C=O) groups excluding carboxylic acids is 1. The average molecular weight is 291 g/mol. The van der Waals surface area contributed by atoms with E-state index in [4.69, 9.17) is 4.42 Å². The lowest BCUT2D eigenvalue weighted by Gasteiger charge is -2.22. The molecule has 0 fully saturated rings. The van der Waals surface area contributed by atoms with Gasteiger partial charge in [0.25, 0.3) is 5.91 Å². The summed E-state index contributed by atoms with van der Waals surface area (Å²) >= 11 is 0. The van der Waals surface area contributed by atoms with Crippen molar-refractivity contribution in [1.82, 2.24) is 0 Å². The van der Waals surface area contributed by atoms with Crippen LogP contribution in [-0.2, 0) is 6.42 Å². The summed E-state index contributed by atoms with van der Waals surface area (Å²) < 4.78 is 5.04. The number of anilines is 1. The number of furan rings is 1. The highest BCUT2D eigenvalue weighted by Gasteiger charge is 2.18. The Kier molecular flexibility index (Phi) is 4.35. The van der Waals surface area contributed by atoms with Crippen molar-refractivity contribution in [2.24, 2.45) is 0 Å². The third-order valence-electron chi connectivity index (χ3n) is 3.55. The van der Waals surface area contributed by atoms with Crippen molar-refractivity contribution in [3.05, 3.63) is 90.4 Å². The first kappa shape index (κ1) is 14.1. The number of carbonyl (C=O) groups is 1. The Balaban J connectivity index is 1.82. The molecule has 0 saturated heterocycles. The molecule has 1 aromatic heterocycles. The summed E-state index contributed by atoms with van der Waals surface area (Å²) in [5.41, 5.74) is 2.67. The lowest BCUT2D eigenvalue weighted by molar-refractivity contribution is 0.0986. The Morgan fingerprint density at radius 2 is 1.59 bits per heavy atom. The molecule has 0 unspecified atom stereocenters. The van der Waals surface area contributed by atoms with Crippen LogP contribution in [0.3, 0.4) is 0 Å². The van der Waals surface area contributed by atoms with Gasteiger partial charge in [0.1, 0.15) is 6.26 Å². The molecule has 1 heterocycles. The molecule has 3 heteroatoms. The maximum absolute atomic E-state index is 12.7. The maximum atomic E-state index is 12.7. The van der Waals surface area contributed by atoms with Crippen LogP contribution in [0.1, 0.15) is 15.9 Å². The molecule has 110 valence electrons. The van der Waals surface area contributed by atoms with Crippen LogP contribution in [0.25, 0.3) is 0 Å². The normalized spacial score (nSPS) is 10.4. The Morgan fingerprint density at radius 1 is 0.909 bits per heavy atom. The van der Waals surface area contributed by atoms with E-state index >= 15 is 0 Å². The molecule has 0 atom stereocenters. The van der Waals surface area contributed by atoms with Gasteiger partial charge in [-0.15, -0.1) is 0 Å². The van der Waals surface area contributed by atoms with Crippen molar-refractivity contribution in [3.8, 4) is 0 Å². The summed E-state index contributed by atoms with van der Waals surface area (Å²) in [6, 6.07) is 21.6. The van der Waals surface area contributed by atoms with Gasteiger partial charge >= 0.3 is 0 Å². The Bertz CT molecular complexity index is 706. The quantitative estimate of drug-likeness (QED) is 0.707. The van der Waals surface area contributed by atoms with Gasteiger partial charge in [0.05, 0.1) is 11.8 Å². The highest BCUT2D eigenvalue weighted by molar-refractivity contribution is 6.05. The molecule has 22 heavy (non-hydrogen) atoms. The van der Waals surface area contributed by atoms with Gasteiger partial charge in [-0.25, -0.2) is 0 Å². The molecule has 0 aliphatic heterocycles. The lowest BCUT2D eigenvalue weighted by Crippen LogP contribution is -2.32. The number of benzene rings is 2. The third kappa shape index (κ3) is 3.26. The van der Waals surface area contributed by atoms with E-state index in [0.717, 1.165) is 12.1 Å². The number of hydrogen-bond donors (Lipinski definition) is 0. The number of para-hydroxylation sites is 1. The Morgan fingerprint density at radius 3 is 2.23 bits per heavy atom. The van der Waals surface area contributed by atoms with Crippen LogP contribution in [0.2, 0.25) is 0 Å². The van der Waals surface area contributed by atoms with Crippen molar-refractivity contribution in [2.45, 2.75) is 6.42 Å².